The van der Waals surface area contributed by atoms with Crippen LogP contribution in [0.2, 0.25) is 0 Å². The topological polar surface area (TPSA) is 102 Å². The van der Waals surface area contributed by atoms with Crippen molar-refractivity contribution in [2.75, 3.05) is 11.5 Å². The molecule has 1 unspecified atom stereocenters. The first kappa shape index (κ1) is 34.8. The van der Waals surface area contributed by atoms with Crippen molar-refractivity contribution in [1.29, 1.82) is 0 Å². The van der Waals surface area contributed by atoms with Crippen LogP contribution in [-0.2, 0) is 21.9 Å². The summed E-state index contributed by atoms with van der Waals surface area (Å²) in [5.74, 6) is -0.498. The molecular formula is C39H36FN3O5S2. The van der Waals surface area contributed by atoms with Crippen LogP contribution in [0.25, 0.3) is 5.76 Å². The summed E-state index contributed by atoms with van der Waals surface area (Å²) >= 11 is 2.55. The fourth-order valence-electron chi connectivity index (χ4n) is 5.52. The van der Waals surface area contributed by atoms with Crippen molar-refractivity contribution >= 4 is 45.7 Å². The minimum Gasteiger partial charge on any atom is -0.507 e. The third kappa shape index (κ3) is 8.06. The standard InChI is InChI=1S/C39H36FN3O5S2/c1-3-4-7-22-47-31-18-12-27(13-19-31)34-33(35(44)28-14-20-32(21-15-28)48-23-29-9-6-5-8-25(29)2)36(45)37(46)43(34)38-41-42-39(50-38)49-24-26-10-16-30(40)17-11-26/h5-6,8-21,34,44H,3-4,7,22-24H2,1-2H3. The Bertz CT molecular complexity index is 1980. The number of anilines is 1. The normalized spacial score (nSPS) is 15.4. The number of aromatic nitrogens is 2. The smallest absolute Gasteiger partial charge is 0.301 e. The van der Waals surface area contributed by atoms with Gasteiger partial charge in [0.2, 0.25) is 5.13 Å². The van der Waals surface area contributed by atoms with E-state index in [9.17, 15) is 19.1 Å². The second kappa shape index (κ2) is 16.1. The Morgan fingerprint density at radius 2 is 1.60 bits per heavy atom. The van der Waals surface area contributed by atoms with Crippen LogP contribution in [0.1, 0.15) is 60.0 Å². The molecule has 0 saturated carbocycles. The molecule has 1 atom stereocenters. The largest absolute Gasteiger partial charge is 0.507 e. The Morgan fingerprint density at radius 3 is 2.32 bits per heavy atom. The number of Topliss-reactive ketones (excluding diaryl/α,β-unsaturated/α-hetero) is 1. The van der Waals surface area contributed by atoms with Gasteiger partial charge in [0.25, 0.3) is 5.78 Å². The van der Waals surface area contributed by atoms with Crippen molar-refractivity contribution in [3.05, 3.63) is 136 Å². The van der Waals surface area contributed by atoms with Gasteiger partial charge in [-0.1, -0.05) is 91.4 Å². The highest BCUT2D eigenvalue weighted by molar-refractivity contribution is 8.00. The lowest BCUT2D eigenvalue weighted by atomic mass is 9.95. The van der Waals surface area contributed by atoms with Gasteiger partial charge >= 0.3 is 5.91 Å². The second-order valence-corrected chi connectivity index (χ2v) is 14.0. The summed E-state index contributed by atoms with van der Waals surface area (Å²) in [7, 11) is 0. The van der Waals surface area contributed by atoms with Crippen molar-refractivity contribution in [3.8, 4) is 11.5 Å². The summed E-state index contributed by atoms with van der Waals surface area (Å²) in [6.45, 7) is 5.12. The summed E-state index contributed by atoms with van der Waals surface area (Å²) in [4.78, 5) is 28.7. The molecule has 0 radical (unpaired) electrons. The molecule has 1 aromatic heterocycles. The van der Waals surface area contributed by atoms with Crippen LogP contribution in [0.3, 0.4) is 0 Å². The average molecular weight is 710 g/mol. The lowest BCUT2D eigenvalue weighted by molar-refractivity contribution is -0.132. The summed E-state index contributed by atoms with van der Waals surface area (Å²) in [6.07, 6.45) is 3.09. The minimum absolute atomic E-state index is 0.0593. The number of rotatable bonds is 14. The molecule has 2 heterocycles. The first-order chi connectivity index (χ1) is 24.3. The van der Waals surface area contributed by atoms with Crippen LogP contribution in [0.5, 0.6) is 11.5 Å². The number of aliphatic hydroxyl groups excluding tert-OH is 1. The average Bonchev–Trinajstić information content (AvgIpc) is 3.71. The van der Waals surface area contributed by atoms with Crippen LogP contribution in [0, 0.1) is 12.7 Å². The van der Waals surface area contributed by atoms with Crippen LogP contribution < -0.4 is 14.4 Å². The van der Waals surface area contributed by atoms with E-state index in [1.807, 2.05) is 31.2 Å². The Morgan fingerprint density at radius 1 is 0.900 bits per heavy atom. The van der Waals surface area contributed by atoms with Crippen molar-refractivity contribution < 1.29 is 28.6 Å². The summed E-state index contributed by atoms with van der Waals surface area (Å²) in [5.41, 5.74) is 3.98. The van der Waals surface area contributed by atoms with E-state index in [0.717, 1.165) is 36.0 Å². The third-order valence-electron chi connectivity index (χ3n) is 8.32. The predicted octanol–water partition coefficient (Wildman–Crippen LogP) is 9.05. The number of aliphatic hydroxyl groups is 1. The lowest BCUT2D eigenvalue weighted by Gasteiger charge is -2.22. The van der Waals surface area contributed by atoms with Gasteiger partial charge in [-0.15, -0.1) is 10.2 Å². The number of halogens is 1. The lowest BCUT2D eigenvalue weighted by Crippen LogP contribution is -2.29. The molecule has 0 aliphatic carbocycles. The van der Waals surface area contributed by atoms with Crippen molar-refractivity contribution in [2.24, 2.45) is 0 Å². The molecule has 4 aromatic carbocycles. The van der Waals surface area contributed by atoms with E-state index in [2.05, 4.69) is 17.1 Å². The molecule has 5 aromatic rings. The third-order valence-corrected chi connectivity index (χ3v) is 10.4. The van der Waals surface area contributed by atoms with E-state index in [1.54, 1.807) is 60.7 Å². The van der Waals surface area contributed by atoms with Gasteiger partial charge in [0.15, 0.2) is 4.34 Å². The molecule has 6 rings (SSSR count). The van der Waals surface area contributed by atoms with Gasteiger partial charge in [-0.05, 0) is 84.1 Å². The van der Waals surface area contributed by atoms with E-state index in [1.165, 1.54) is 40.1 Å². The predicted molar refractivity (Wildman–Crippen MR) is 194 cm³/mol. The zero-order valence-corrected chi connectivity index (χ0v) is 29.3. The number of amides is 1. The summed E-state index contributed by atoms with van der Waals surface area (Å²) < 4.78 is 25.8. The molecule has 8 nitrogen and oxygen atoms in total. The molecule has 0 spiro atoms. The monoisotopic (exact) mass is 709 g/mol. The molecule has 1 fully saturated rings. The number of carbonyl (C=O) groups is 2. The molecule has 256 valence electrons. The Labute approximate surface area is 298 Å². The Hall–Kier alpha value is -5.00. The first-order valence-corrected chi connectivity index (χ1v) is 18.1. The molecule has 1 N–H and O–H groups in total. The Balaban J connectivity index is 1.29. The van der Waals surface area contributed by atoms with E-state index >= 15 is 0 Å². The van der Waals surface area contributed by atoms with Crippen LogP contribution in [0.4, 0.5) is 9.52 Å². The van der Waals surface area contributed by atoms with E-state index < -0.39 is 17.7 Å². The zero-order chi connectivity index (χ0) is 35.0. The zero-order valence-electron chi connectivity index (χ0n) is 27.7. The van der Waals surface area contributed by atoms with Gasteiger partial charge < -0.3 is 14.6 Å². The maximum Gasteiger partial charge on any atom is 0.301 e. The van der Waals surface area contributed by atoms with E-state index in [4.69, 9.17) is 9.47 Å². The van der Waals surface area contributed by atoms with E-state index in [-0.39, 0.29) is 22.3 Å². The maximum absolute atomic E-state index is 13.7. The number of benzene rings is 4. The number of nitrogens with zero attached hydrogens (tertiary/aromatic N) is 3. The highest BCUT2D eigenvalue weighted by Crippen LogP contribution is 2.44. The fourth-order valence-corrected chi connectivity index (χ4v) is 7.34. The first-order valence-electron chi connectivity index (χ1n) is 16.3. The van der Waals surface area contributed by atoms with E-state index in [0.29, 0.717) is 45.9 Å². The quantitative estimate of drug-likeness (QED) is 0.0304. The number of unbranched alkanes of at least 4 members (excludes halogenated alkanes) is 2. The molecule has 1 amide bonds. The van der Waals surface area contributed by atoms with Gasteiger partial charge in [-0.25, -0.2) is 4.39 Å². The maximum atomic E-state index is 13.7. The van der Waals surface area contributed by atoms with Crippen molar-refractivity contribution in [3.63, 3.8) is 0 Å². The fraction of sp³-hybridized carbons (Fsp3) is 0.231. The second-order valence-electron chi connectivity index (χ2n) is 11.8. The number of ether oxygens (including phenoxy) is 2. The van der Waals surface area contributed by atoms with Gasteiger partial charge in [0.05, 0.1) is 18.2 Å². The number of hydrogen-bond donors (Lipinski definition) is 1. The van der Waals surface area contributed by atoms with Gasteiger partial charge in [-0.2, -0.15) is 0 Å². The number of aryl methyl sites for hydroxylation is 1. The summed E-state index contributed by atoms with van der Waals surface area (Å²) in [6, 6.07) is 27.1. The molecule has 1 saturated heterocycles. The highest BCUT2D eigenvalue weighted by atomic mass is 32.2. The molecular weight excluding hydrogens is 674 g/mol. The Kier molecular flexibility index (Phi) is 11.2. The number of carbonyl (C=O) groups excluding carboxylic acids is 2. The molecule has 0 bridgehead atoms. The van der Waals surface area contributed by atoms with Crippen LogP contribution in [0.15, 0.2) is 107 Å². The van der Waals surface area contributed by atoms with Crippen molar-refractivity contribution in [1.82, 2.24) is 10.2 Å². The minimum atomic E-state index is -0.968. The molecule has 1 aliphatic heterocycles. The van der Waals surface area contributed by atoms with Gasteiger partial charge in [-0.3, -0.25) is 14.5 Å². The van der Waals surface area contributed by atoms with Gasteiger partial charge in [0.1, 0.15) is 29.7 Å². The van der Waals surface area contributed by atoms with Gasteiger partial charge in [0, 0.05) is 11.3 Å². The highest BCUT2D eigenvalue weighted by Gasteiger charge is 2.48. The molecule has 50 heavy (non-hydrogen) atoms. The van der Waals surface area contributed by atoms with Crippen molar-refractivity contribution in [2.45, 2.75) is 55.9 Å². The SMILES string of the molecule is CCCCCOc1ccc(C2C(=C(O)c3ccc(OCc4ccccc4C)cc3)C(=O)C(=O)N2c2nnc(SCc3ccc(F)cc3)s2)cc1. The molecule has 11 heteroatoms. The summed E-state index contributed by atoms with van der Waals surface area (Å²) in [5, 5.41) is 20.4. The number of thioether (sulfide) groups is 1. The van der Waals surface area contributed by atoms with Crippen LogP contribution >= 0.6 is 23.1 Å². The van der Waals surface area contributed by atoms with Crippen LogP contribution in [-0.4, -0.2) is 33.6 Å². The number of ketones is 1. The molecule has 1 aliphatic rings. The number of hydrogen-bond acceptors (Lipinski definition) is 9.